The van der Waals surface area contributed by atoms with E-state index in [1.165, 1.54) is 129 Å². The SMILES string of the molecule is CCCCCCc1cc(CCCCCC)cc(C(=CC(=C=[N+]=[N-])CCCC)c2cc(CCCCC)cc(CCCCC)c2)c1. The molecule has 0 unspecified atom stereocenters. The van der Waals surface area contributed by atoms with E-state index in [1.807, 2.05) is 0 Å². The van der Waals surface area contributed by atoms with Crippen molar-refractivity contribution in [3.05, 3.63) is 87.0 Å². The zero-order valence-corrected chi connectivity index (χ0v) is 29.3. The summed E-state index contributed by atoms with van der Waals surface area (Å²) >= 11 is 0. The zero-order chi connectivity index (χ0) is 31.8. The van der Waals surface area contributed by atoms with Gasteiger partial charge in [0.05, 0.1) is 5.57 Å². The predicted octanol–water partition coefficient (Wildman–Crippen LogP) is 12.8. The first-order valence-electron chi connectivity index (χ1n) is 18.5. The van der Waals surface area contributed by atoms with Gasteiger partial charge in [-0.15, -0.1) is 4.79 Å². The molecule has 2 aromatic carbocycles. The Hall–Kier alpha value is -2.66. The summed E-state index contributed by atoms with van der Waals surface area (Å²) in [7, 11) is 0. The Morgan fingerprint density at radius 2 is 0.886 bits per heavy atom. The maximum absolute atomic E-state index is 9.55. The van der Waals surface area contributed by atoms with Crippen molar-refractivity contribution in [2.45, 2.75) is 169 Å². The number of unbranched alkanes of at least 4 members (excludes halogenated alkanes) is 11. The highest BCUT2D eigenvalue weighted by Gasteiger charge is 2.14. The van der Waals surface area contributed by atoms with Gasteiger partial charge >= 0.3 is 5.87 Å². The number of allylic oxidation sites excluding steroid dienone is 2. The molecule has 2 rings (SSSR count). The molecule has 0 aliphatic heterocycles. The van der Waals surface area contributed by atoms with Crippen LogP contribution >= 0.6 is 0 Å². The molecule has 0 amide bonds. The van der Waals surface area contributed by atoms with Crippen molar-refractivity contribution in [2.24, 2.45) is 0 Å². The Balaban J connectivity index is 2.71. The molecule has 0 bridgehead atoms. The summed E-state index contributed by atoms with van der Waals surface area (Å²) in [5.74, 6) is 2.95. The van der Waals surface area contributed by atoms with E-state index in [4.69, 9.17) is 0 Å². The summed E-state index contributed by atoms with van der Waals surface area (Å²) in [5.41, 5.74) is 20.2. The second-order valence-corrected chi connectivity index (χ2v) is 13.0. The lowest BCUT2D eigenvalue weighted by molar-refractivity contribution is 0.00746. The van der Waals surface area contributed by atoms with Gasteiger partial charge in [-0.05, 0) is 109 Å². The van der Waals surface area contributed by atoms with E-state index in [2.05, 4.69) is 87.8 Å². The maximum Gasteiger partial charge on any atom is 0.303 e. The molecule has 0 fully saturated rings. The molecule has 0 saturated heterocycles. The van der Waals surface area contributed by atoms with Gasteiger partial charge in [-0.2, -0.15) is 0 Å². The number of nitrogens with zero attached hydrogens (tertiary/aromatic N) is 2. The highest BCUT2D eigenvalue weighted by Crippen LogP contribution is 2.31. The number of rotatable bonds is 24. The minimum atomic E-state index is 0.865. The highest BCUT2D eigenvalue weighted by atomic mass is 14.8. The zero-order valence-electron chi connectivity index (χ0n) is 29.3. The van der Waals surface area contributed by atoms with Crippen LogP contribution in [0.25, 0.3) is 11.1 Å². The highest BCUT2D eigenvalue weighted by molar-refractivity contribution is 5.84. The van der Waals surface area contributed by atoms with Crippen LogP contribution in [0, 0.1) is 0 Å². The topological polar surface area (TPSA) is 36.4 Å². The van der Waals surface area contributed by atoms with Crippen LogP contribution in [-0.4, -0.2) is 10.7 Å². The summed E-state index contributed by atoms with van der Waals surface area (Å²) in [6.07, 6.45) is 27.6. The maximum atomic E-state index is 9.55. The third-order valence-corrected chi connectivity index (χ3v) is 8.82. The summed E-state index contributed by atoms with van der Waals surface area (Å²) in [6, 6.07) is 14.8. The van der Waals surface area contributed by atoms with E-state index in [0.29, 0.717) is 0 Å². The molecule has 0 aromatic heterocycles. The number of benzene rings is 2. The minimum absolute atomic E-state index is 0.865. The average Bonchev–Trinajstić information content (AvgIpc) is 3.03. The standard InChI is InChI=1S/C42H64N2/c1-6-11-16-20-25-37-28-38(26-21-17-12-7-2)32-41(31-37)42(33-39(34-44-43)22-15-10-5)40-29-35(23-18-13-8-3)27-36(30-40)24-19-14-9-4/h27-33H,6-26H2,1-5H3. The van der Waals surface area contributed by atoms with Crippen molar-refractivity contribution in [1.29, 1.82) is 0 Å². The first-order valence-corrected chi connectivity index (χ1v) is 18.5. The molecule has 0 atom stereocenters. The smallest absolute Gasteiger partial charge is 0.303 e. The lowest BCUT2D eigenvalue weighted by atomic mass is 9.87. The number of hydrogen-bond acceptors (Lipinski definition) is 0. The third kappa shape index (κ3) is 14.9. The average molecular weight is 597 g/mol. The molecule has 0 radical (unpaired) electrons. The quantitative estimate of drug-likeness (QED) is 0.0380. The molecule has 0 spiro atoms. The molecule has 0 N–H and O–H groups in total. The van der Waals surface area contributed by atoms with E-state index < -0.39 is 0 Å². The van der Waals surface area contributed by atoms with Gasteiger partial charge in [0.15, 0.2) is 0 Å². The first-order chi connectivity index (χ1) is 21.6. The summed E-state index contributed by atoms with van der Waals surface area (Å²) in [6.45, 7) is 11.4. The second kappa shape index (κ2) is 23.7. The van der Waals surface area contributed by atoms with E-state index in [9.17, 15) is 5.53 Å². The largest absolute Gasteiger partial charge is 0.348 e. The normalized spacial score (nSPS) is 11.4. The van der Waals surface area contributed by atoms with Crippen LogP contribution in [0.5, 0.6) is 0 Å². The van der Waals surface area contributed by atoms with Gasteiger partial charge in [-0.25, -0.2) is 0 Å². The van der Waals surface area contributed by atoms with Crippen LogP contribution in [0.1, 0.15) is 177 Å². The fourth-order valence-corrected chi connectivity index (χ4v) is 6.18. The predicted molar refractivity (Wildman–Crippen MR) is 194 cm³/mol. The summed E-state index contributed by atoms with van der Waals surface area (Å²) in [5, 5.41) is 0. The molecule has 2 heteroatoms. The van der Waals surface area contributed by atoms with Crippen molar-refractivity contribution >= 4 is 11.4 Å². The molecular formula is C42H64N2. The molecule has 0 heterocycles. The van der Waals surface area contributed by atoms with Crippen molar-refractivity contribution in [3.8, 4) is 0 Å². The van der Waals surface area contributed by atoms with E-state index in [-0.39, 0.29) is 0 Å². The van der Waals surface area contributed by atoms with Crippen molar-refractivity contribution in [2.75, 3.05) is 0 Å². The van der Waals surface area contributed by atoms with Crippen LogP contribution in [0.4, 0.5) is 0 Å². The lowest BCUT2D eigenvalue weighted by Crippen LogP contribution is -2.00. The Bertz CT molecular complexity index is 1130. The molecule has 242 valence electrons. The summed E-state index contributed by atoms with van der Waals surface area (Å²) < 4.78 is 0. The van der Waals surface area contributed by atoms with E-state index in [1.54, 1.807) is 0 Å². The molecule has 0 aliphatic rings. The number of aryl methyl sites for hydroxylation is 4. The lowest BCUT2D eigenvalue weighted by Gasteiger charge is -2.17. The van der Waals surface area contributed by atoms with E-state index in [0.717, 1.165) is 50.5 Å². The van der Waals surface area contributed by atoms with Crippen molar-refractivity contribution in [3.63, 3.8) is 0 Å². The van der Waals surface area contributed by atoms with Crippen LogP contribution in [0.15, 0.2) is 48.0 Å². The Labute approximate surface area is 272 Å². The summed E-state index contributed by atoms with van der Waals surface area (Å²) in [4.78, 5) is 3.38. The van der Waals surface area contributed by atoms with Gasteiger partial charge in [-0.3, -0.25) is 0 Å². The van der Waals surface area contributed by atoms with Crippen LogP contribution in [-0.2, 0) is 25.7 Å². The molecule has 0 aliphatic carbocycles. The van der Waals surface area contributed by atoms with Crippen LogP contribution in [0.2, 0.25) is 0 Å². The van der Waals surface area contributed by atoms with E-state index >= 15 is 0 Å². The van der Waals surface area contributed by atoms with Gasteiger partial charge < -0.3 is 5.53 Å². The molecule has 2 nitrogen and oxygen atoms in total. The van der Waals surface area contributed by atoms with Gasteiger partial charge in [0.2, 0.25) is 0 Å². The van der Waals surface area contributed by atoms with Crippen molar-refractivity contribution in [1.82, 2.24) is 0 Å². The van der Waals surface area contributed by atoms with Crippen molar-refractivity contribution < 1.29 is 4.79 Å². The van der Waals surface area contributed by atoms with Gasteiger partial charge in [0.1, 0.15) is 0 Å². The minimum Gasteiger partial charge on any atom is -0.348 e. The van der Waals surface area contributed by atoms with Gasteiger partial charge in [0.25, 0.3) is 0 Å². The Morgan fingerprint density at radius 3 is 1.25 bits per heavy atom. The number of hydrogen-bond donors (Lipinski definition) is 0. The monoisotopic (exact) mass is 597 g/mol. The molecular weight excluding hydrogens is 532 g/mol. The fourth-order valence-electron chi connectivity index (χ4n) is 6.18. The molecule has 0 saturated carbocycles. The van der Waals surface area contributed by atoms with Crippen LogP contribution < -0.4 is 0 Å². The Morgan fingerprint density at radius 1 is 0.523 bits per heavy atom. The molecule has 44 heavy (non-hydrogen) atoms. The van der Waals surface area contributed by atoms with Gasteiger partial charge in [-0.1, -0.05) is 142 Å². The van der Waals surface area contributed by atoms with Gasteiger partial charge in [0, 0.05) is 0 Å². The fraction of sp³-hybridized carbons (Fsp3) is 0.619. The Kier molecular flexibility index (Phi) is 20.2. The first kappa shape index (κ1) is 37.5. The third-order valence-electron chi connectivity index (χ3n) is 8.82. The van der Waals surface area contributed by atoms with Crippen LogP contribution in [0.3, 0.4) is 0 Å². The second-order valence-electron chi connectivity index (χ2n) is 13.0. The molecule has 2 aromatic rings.